The SMILES string of the molecule is CN1CCn2c(nc3ccc([N+](=O)[O-])cc32)S1(=O)=O. The Labute approximate surface area is 108 Å². The Kier molecular flexibility index (Phi) is 2.38. The zero-order valence-electron chi connectivity index (χ0n) is 9.98. The molecule has 0 unspecified atom stereocenters. The molecule has 0 spiro atoms. The van der Waals surface area contributed by atoms with Crippen molar-refractivity contribution >= 4 is 26.7 Å². The number of rotatable bonds is 1. The molecule has 100 valence electrons. The van der Waals surface area contributed by atoms with E-state index in [1.807, 2.05) is 0 Å². The number of fused-ring (bicyclic) bond motifs is 3. The molecule has 0 saturated carbocycles. The van der Waals surface area contributed by atoms with Gasteiger partial charge in [0.15, 0.2) is 0 Å². The van der Waals surface area contributed by atoms with Gasteiger partial charge >= 0.3 is 0 Å². The van der Waals surface area contributed by atoms with Crippen molar-refractivity contribution in [3.05, 3.63) is 28.3 Å². The van der Waals surface area contributed by atoms with Crippen molar-refractivity contribution in [3.8, 4) is 0 Å². The number of hydrogen-bond donors (Lipinski definition) is 0. The molecule has 2 heterocycles. The lowest BCUT2D eigenvalue weighted by Gasteiger charge is -2.23. The molecule has 3 rings (SSSR count). The number of likely N-dealkylation sites (N-methyl/N-ethyl adjacent to an activating group) is 1. The summed E-state index contributed by atoms with van der Waals surface area (Å²) in [6.45, 7) is 0.756. The van der Waals surface area contributed by atoms with Gasteiger partial charge in [-0.2, -0.15) is 4.31 Å². The van der Waals surface area contributed by atoms with Gasteiger partial charge in [0.2, 0.25) is 5.16 Å². The predicted molar refractivity (Wildman–Crippen MR) is 66.2 cm³/mol. The van der Waals surface area contributed by atoms with Crippen molar-refractivity contribution in [1.29, 1.82) is 0 Å². The molecule has 0 aliphatic carbocycles. The van der Waals surface area contributed by atoms with Gasteiger partial charge in [0.25, 0.3) is 15.7 Å². The van der Waals surface area contributed by atoms with Gasteiger partial charge in [0.1, 0.15) is 0 Å². The summed E-state index contributed by atoms with van der Waals surface area (Å²) in [5.74, 6) is 0. The van der Waals surface area contributed by atoms with Crippen LogP contribution >= 0.6 is 0 Å². The third-order valence-electron chi connectivity index (χ3n) is 3.19. The summed E-state index contributed by atoms with van der Waals surface area (Å²) >= 11 is 0. The van der Waals surface area contributed by atoms with E-state index in [9.17, 15) is 18.5 Å². The van der Waals surface area contributed by atoms with E-state index < -0.39 is 14.9 Å². The van der Waals surface area contributed by atoms with Gasteiger partial charge in [-0.15, -0.1) is 0 Å². The second-order valence-electron chi connectivity index (χ2n) is 4.30. The standard InChI is InChI=1S/C10H10N4O4S/c1-12-4-5-13-9-6-7(14(15)16)2-3-8(9)11-10(13)19(12,17)18/h2-3,6H,4-5H2,1H3. The first-order chi connectivity index (χ1) is 8.91. The Morgan fingerprint density at radius 1 is 1.37 bits per heavy atom. The van der Waals surface area contributed by atoms with E-state index in [0.717, 1.165) is 0 Å². The van der Waals surface area contributed by atoms with Crippen LogP contribution in [0.5, 0.6) is 0 Å². The van der Waals surface area contributed by atoms with Crippen LogP contribution in [-0.4, -0.2) is 40.8 Å². The molecule has 19 heavy (non-hydrogen) atoms. The smallest absolute Gasteiger partial charge is 0.276 e. The number of nitro benzene ring substituents is 1. The fourth-order valence-electron chi connectivity index (χ4n) is 2.12. The molecule has 0 atom stereocenters. The van der Waals surface area contributed by atoms with Crippen molar-refractivity contribution in [3.63, 3.8) is 0 Å². The van der Waals surface area contributed by atoms with Crippen molar-refractivity contribution in [2.45, 2.75) is 11.7 Å². The zero-order valence-corrected chi connectivity index (χ0v) is 10.8. The second kappa shape index (κ2) is 3.75. The van der Waals surface area contributed by atoms with Crippen molar-refractivity contribution < 1.29 is 13.3 Å². The van der Waals surface area contributed by atoms with E-state index in [-0.39, 0.29) is 10.8 Å². The molecule has 0 radical (unpaired) electrons. The lowest BCUT2D eigenvalue weighted by Crippen LogP contribution is -2.37. The van der Waals surface area contributed by atoms with Crippen LogP contribution < -0.4 is 0 Å². The van der Waals surface area contributed by atoms with Crippen LogP contribution in [0, 0.1) is 10.1 Å². The number of hydrogen-bond acceptors (Lipinski definition) is 5. The van der Waals surface area contributed by atoms with Crippen LogP contribution in [0.15, 0.2) is 23.4 Å². The summed E-state index contributed by atoms with van der Waals surface area (Å²) < 4.78 is 26.9. The molecule has 0 amide bonds. The van der Waals surface area contributed by atoms with Gasteiger partial charge in [0.05, 0.1) is 16.0 Å². The average molecular weight is 282 g/mol. The maximum absolute atomic E-state index is 12.1. The van der Waals surface area contributed by atoms with Crippen LogP contribution in [0.4, 0.5) is 5.69 Å². The normalized spacial score (nSPS) is 18.4. The molecule has 1 aliphatic rings. The summed E-state index contributed by atoms with van der Waals surface area (Å²) in [4.78, 5) is 14.3. The van der Waals surface area contributed by atoms with Crippen molar-refractivity contribution in [1.82, 2.24) is 13.9 Å². The van der Waals surface area contributed by atoms with Gasteiger partial charge in [-0.05, 0) is 6.07 Å². The first kappa shape index (κ1) is 12.1. The molecule has 1 aromatic carbocycles. The largest absolute Gasteiger partial charge is 0.312 e. The van der Waals surface area contributed by atoms with E-state index in [1.54, 1.807) is 0 Å². The molecule has 1 aromatic heterocycles. The molecular weight excluding hydrogens is 272 g/mol. The first-order valence-corrected chi connectivity index (χ1v) is 6.96. The van der Waals surface area contributed by atoms with Crippen molar-refractivity contribution in [2.24, 2.45) is 0 Å². The molecule has 0 fully saturated rings. The van der Waals surface area contributed by atoms with E-state index in [1.165, 1.54) is 34.1 Å². The van der Waals surface area contributed by atoms with E-state index >= 15 is 0 Å². The van der Waals surface area contributed by atoms with Gasteiger partial charge in [-0.25, -0.2) is 13.4 Å². The molecule has 0 saturated heterocycles. The molecule has 9 heteroatoms. The number of non-ortho nitro benzene ring substituents is 1. The highest BCUT2D eigenvalue weighted by atomic mass is 32.2. The average Bonchev–Trinajstić information content (AvgIpc) is 2.73. The molecule has 0 bridgehead atoms. The van der Waals surface area contributed by atoms with Gasteiger partial charge in [-0.3, -0.25) is 10.1 Å². The Morgan fingerprint density at radius 2 is 2.11 bits per heavy atom. The molecule has 2 aromatic rings. The number of benzene rings is 1. The van der Waals surface area contributed by atoms with Gasteiger partial charge in [-0.1, -0.05) is 0 Å². The van der Waals surface area contributed by atoms with Crippen molar-refractivity contribution in [2.75, 3.05) is 13.6 Å². The highest BCUT2D eigenvalue weighted by Gasteiger charge is 2.32. The summed E-state index contributed by atoms with van der Waals surface area (Å²) in [5, 5.41) is 10.7. The van der Waals surface area contributed by atoms with E-state index in [4.69, 9.17) is 0 Å². The highest BCUT2D eigenvalue weighted by molar-refractivity contribution is 7.89. The van der Waals surface area contributed by atoms with E-state index in [0.29, 0.717) is 24.1 Å². The second-order valence-corrected chi connectivity index (χ2v) is 6.24. The lowest BCUT2D eigenvalue weighted by atomic mass is 10.3. The summed E-state index contributed by atoms with van der Waals surface area (Å²) in [7, 11) is -2.11. The fourth-order valence-corrected chi connectivity index (χ4v) is 3.40. The Morgan fingerprint density at radius 3 is 2.79 bits per heavy atom. The third-order valence-corrected chi connectivity index (χ3v) is 4.96. The van der Waals surface area contributed by atoms with Crippen LogP contribution in [-0.2, 0) is 16.6 Å². The number of aromatic nitrogens is 2. The van der Waals surface area contributed by atoms with Crippen LogP contribution in [0.2, 0.25) is 0 Å². The van der Waals surface area contributed by atoms with Crippen LogP contribution in [0.3, 0.4) is 0 Å². The minimum Gasteiger partial charge on any atom is -0.312 e. The Hall–Kier alpha value is -2.00. The molecule has 1 aliphatic heterocycles. The number of nitro groups is 1. The van der Waals surface area contributed by atoms with Gasteiger partial charge < -0.3 is 4.57 Å². The maximum atomic E-state index is 12.1. The third kappa shape index (κ3) is 1.62. The highest BCUT2D eigenvalue weighted by Crippen LogP contribution is 2.27. The van der Waals surface area contributed by atoms with E-state index in [2.05, 4.69) is 4.98 Å². The zero-order chi connectivity index (χ0) is 13.8. The summed E-state index contributed by atoms with van der Waals surface area (Å²) in [6.07, 6.45) is 0. The maximum Gasteiger partial charge on any atom is 0.276 e. The molecule has 0 N–H and O–H groups in total. The number of nitrogens with zero attached hydrogens (tertiary/aromatic N) is 4. The lowest BCUT2D eigenvalue weighted by molar-refractivity contribution is -0.384. The first-order valence-electron chi connectivity index (χ1n) is 5.52. The number of imidazole rings is 1. The number of sulfonamides is 1. The monoisotopic (exact) mass is 282 g/mol. The fraction of sp³-hybridized carbons (Fsp3) is 0.300. The Bertz CT molecular complexity index is 795. The predicted octanol–water partition coefficient (Wildman–Crippen LogP) is 0.579. The minimum absolute atomic E-state index is 0.0586. The molecule has 8 nitrogen and oxygen atoms in total. The molecular formula is C10H10N4O4S. The minimum atomic E-state index is -3.60. The van der Waals surface area contributed by atoms with Crippen LogP contribution in [0.1, 0.15) is 0 Å². The summed E-state index contributed by atoms with van der Waals surface area (Å²) in [5.41, 5.74) is 0.840. The summed E-state index contributed by atoms with van der Waals surface area (Å²) in [6, 6.07) is 4.14. The van der Waals surface area contributed by atoms with Gasteiger partial charge in [0, 0.05) is 32.3 Å². The quantitative estimate of drug-likeness (QED) is 0.562. The topological polar surface area (TPSA) is 98.3 Å². The van der Waals surface area contributed by atoms with Crippen LogP contribution in [0.25, 0.3) is 11.0 Å². The Balaban J connectivity index is 2.33.